The van der Waals surface area contributed by atoms with Gasteiger partial charge in [-0.25, -0.2) is 4.79 Å². The van der Waals surface area contributed by atoms with Crippen molar-refractivity contribution in [3.63, 3.8) is 0 Å². The molecule has 1 aliphatic carbocycles. The summed E-state index contributed by atoms with van der Waals surface area (Å²) in [5.41, 5.74) is 0.249. The average Bonchev–Trinajstić information content (AvgIpc) is 3.01. The fraction of sp³-hybridized carbons (Fsp3) is 0.636. The van der Waals surface area contributed by atoms with Crippen LogP contribution in [0.3, 0.4) is 0 Å². The summed E-state index contributed by atoms with van der Waals surface area (Å²) in [6.45, 7) is 6.76. The molecule has 1 saturated heterocycles. The molecule has 1 N–H and O–H groups in total. The van der Waals surface area contributed by atoms with E-state index in [0.29, 0.717) is 18.8 Å². The van der Waals surface area contributed by atoms with E-state index in [4.69, 9.17) is 9.47 Å². The van der Waals surface area contributed by atoms with E-state index in [9.17, 15) is 14.7 Å². The Bertz CT molecular complexity index is 713. The molecule has 6 nitrogen and oxygen atoms in total. The maximum absolute atomic E-state index is 13.2. The van der Waals surface area contributed by atoms with Crippen LogP contribution in [0.2, 0.25) is 0 Å². The molecular weight excluding hydrogens is 358 g/mol. The van der Waals surface area contributed by atoms with Crippen molar-refractivity contribution in [3.8, 4) is 5.75 Å². The SMILES string of the molecule is COc1ccc(CC(=O)N2[C@H](C(=O)O)COC23CCC(C(C)(C)C)CC3)cc1. The van der Waals surface area contributed by atoms with E-state index in [-0.39, 0.29) is 24.3 Å². The van der Waals surface area contributed by atoms with Gasteiger partial charge >= 0.3 is 5.97 Å². The molecular formula is C22H31NO5. The molecule has 1 aromatic carbocycles. The van der Waals surface area contributed by atoms with Crippen molar-refractivity contribution >= 4 is 11.9 Å². The first-order valence-electron chi connectivity index (χ1n) is 9.98. The lowest BCUT2D eigenvalue weighted by molar-refractivity contribution is -0.166. The van der Waals surface area contributed by atoms with E-state index in [0.717, 1.165) is 24.2 Å². The summed E-state index contributed by atoms with van der Waals surface area (Å²) < 4.78 is 11.2. The second-order valence-electron chi connectivity index (χ2n) is 9.04. The van der Waals surface area contributed by atoms with E-state index >= 15 is 0 Å². The Kier molecular flexibility index (Phi) is 5.71. The maximum atomic E-state index is 13.2. The number of nitrogens with zero attached hydrogens (tertiary/aromatic N) is 1. The van der Waals surface area contributed by atoms with Gasteiger partial charge < -0.3 is 14.6 Å². The molecule has 1 aromatic rings. The van der Waals surface area contributed by atoms with E-state index in [2.05, 4.69) is 20.8 Å². The highest BCUT2D eigenvalue weighted by Gasteiger charge is 2.54. The number of carboxylic acid groups (broad SMARTS) is 1. The van der Waals surface area contributed by atoms with Gasteiger partial charge in [0.2, 0.25) is 5.91 Å². The Morgan fingerprint density at radius 1 is 1.21 bits per heavy atom. The van der Waals surface area contributed by atoms with Gasteiger partial charge in [0.15, 0.2) is 6.04 Å². The Morgan fingerprint density at radius 3 is 2.32 bits per heavy atom. The molecule has 0 aromatic heterocycles. The number of benzene rings is 1. The van der Waals surface area contributed by atoms with Crippen molar-refractivity contribution in [2.45, 2.75) is 64.6 Å². The molecule has 0 bridgehead atoms. The molecule has 28 heavy (non-hydrogen) atoms. The molecule has 1 spiro atoms. The summed E-state index contributed by atoms with van der Waals surface area (Å²) in [5.74, 6) is 0.0763. The maximum Gasteiger partial charge on any atom is 0.328 e. The second-order valence-corrected chi connectivity index (χ2v) is 9.04. The van der Waals surface area contributed by atoms with Crippen LogP contribution in [0.4, 0.5) is 0 Å². The number of carboxylic acids is 1. The quantitative estimate of drug-likeness (QED) is 0.853. The molecule has 1 aliphatic heterocycles. The minimum atomic E-state index is -1.00. The molecule has 0 unspecified atom stereocenters. The molecule has 154 valence electrons. The minimum Gasteiger partial charge on any atom is -0.497 e. The highest BCUT2D eigenvalue weighted by Crippen LogP contribution is 2.47. The van der Waals surface area contributed by atoms with E-state index in [1.54, 1.807) is 7.11 Å². The Hall–Kier alpha value is -2.08. The number of methoxy groups -OCH3 is 1. The van der Waals surface area contributed by atoms with Gasteiger partial charge in [0.1, 0.15) is 11.5 Å². The van der Waals surface area contributed by atoms with Crippen molar-refractivity contribution in [1.82, 2.24) is 4.90 Å². The number of carbonyl (C=O) groups is 2. The normalized spacial score (nSPS) is 27.8. The number of hydrogen-bond acceptors (Lipinski definition) is 4. The second kappa shape index (κ2) is 7.74. The molecule has 1 atom stereocenters. The summed E-state index contributed by atoms with van der Waals surface area (Å²) in [4.78, 5) is 26.5. The Morgan fingerprint density at radius 2 is 1.82 bits per heavy atom. The van der Waals surface area contributed by atoms with E-state index in [1.807, 2.05) is 24.3 Å². The van der Waals surface area contributed by atoms with Crippen molar-refractivity contribution in [2.75, 3.05) is 13.7 Å². The van der Waals surface area contributed by atoms with Crippen LogP contribution in [0.5, 0.6) is 5.75 Å². The lowest BCUT2D eigenvalue weighted by Gasteiger charge is -2.46. The van der Waals surface area contributed by atoms with Gasteiger partial charge in [0, 0.05) is 0 Å². The predicted octanol–water partition coefficient (Wildman–Crippen LogP) is 3.48. The highest BCUT2D eigenvalue weighted by atomic mass is 16.5. The zero-order valence-electron chi connectivity index (χ0n) is 17.2. The number of hydrogen-bond donors (Lipinski definition) is 1. The molecule has 1 saturated carbocycles. The van der Waals surface area contributed by atoms with Crippen molar-refractivity contribution in [2.24, 2.45) is 11.3 Å². The fourth-order valence-corrected chi connectivity index (χ4v) is 4.57. The number of rotatable bonds is 4. The van der Waals surface area contributed by atoms with Gasteiger partial charge in [0.05, 0.1) is 20.1 Å². The van der Waals surface area contributed by atoms with Crippen LogP contribution >= 0.6 is 0 Å². The standard InChI is InChI=1S/C22H31NO5/c1-21(2,3)16-9-11-22(12-10-16)23(18(14-28-22)20(25)26)19(24)13-15-5-7-17(27-4)8-6-15/h5-8,16,18H,9-14H2,1-4H3,(H,25,26)/t16?,18-,22?/m0/s1. The van der Waals surface area contributed by atoms with Gasteiger partial charge in [-0.15, -0.1) is 0 Å². The first-order chi connectivity index (χ1) is 13.2. The van der Waals surface area contributed by atoms with Crippen LogP contribution in [0.15, 0.2) is 24.3 Å². The molecule has 1 heterocycles. The Balaban J connectivity index is 1.79. The monoisotopic (exact) mass is 389 g/mol. The molecule has 2 fully saturated rings. The number of aliphatic carboxylic acids is 1. The minimum absolute atomic E-state index is 0.0594. The van der Waals surface area contributed by atoms with Crippen LogP contribution in [-0.2, 0) is 20.7 Å². The van der Waals surface area contributed by atoms with Gasteiger partial charge in [-0.3, -0.25) is 9.69 Å². The van der Waals surface area contributed by atoms with Crippen molar-refractivity contribution < 1.29 is 24.2 Å². The van der Waals surface area contributed by atoms with Crippen LogP contribution in [-0.4, -0.2) is 47.4 Å². The van der Waals surface area contributed by atoms with Crippen molar-refractivity contribution in [1.29, 1.82) is 0 Å². The number of ether oxygens (including phenoxy) is 2. The third-order valence-electron chi connectivity index (χ3n) is 6.32. The lowest BCUT2D eigenvalue weighted by Crippen LogP contribution is -2.56. The van der Waals surface area contributed by atoms with Gasteiger partial charge in [-0.05, 0) is 54.7 Å². The summed E-state index contributed by atoms with van der Waals surface area (Å²) in [7, 11) is 1.59. The van der Waals surface area contributed by atoms with Crippen LogP contribution in [0.25, 0.3) is 0 Å². The van der Waals surface area contributed by atoms with Crippen LogP contribution in [0.1, 0.15) is 52.0 Å². The number of amides is 1. The lowest BCUT2D eigenvalue weighted by atomic mass is 9.70. The first-order valence-corrected chi connectivity index (χ1v) is 9.98. The van der Waals surface area contributed by atoms with Gasteiger partial charge in [-0.2, -0.15) is 0 Å². The molecule has 0 radical (unpaired) electrons. The summed E-state index contributed by atoms with van der Waals surface area (Å²) in [6, 6.07) is 6.38. The molecule has 2 aliphatic rings. The van der Waals surface area contributed by atoms with Crippen LogP contribution in [0, 0.1) is 11.3 Å². The highest BCUT2D eigenvalue weighted by molar-refractivity contribution is 5.86. The van der Waals surface area contributed by atoms with Gasteiger partial charge in [-0.1, -0.05) is 32.9 Å². The van der Waals surface area contributed by atoms with Crippen LogP contribution < -0.4 is 4.74 Å². The average molecular weight is 389 g/mol. The summed E-state index contributed by atoms with van der Waals surface area (Å²) in [5, 5.41) is 9.67. The number of carbonyl (C=O) groups excluding carboxylic acids is 1. The summed E-state index contributed by atoms with van der Waals surface area (Å²) in [6.07, 6.45) is 3.39. The first kappa shape index (κ1) is 20.6. The Labute approximate surface area is 166 Å². The third-order valence-corrected chi connectivity index (χ3v) is 6.32. The smallest absolute Gasteiger partial charge is 0.328 e. The van der Waals surface area contributed by atoms with Gasteiger partial charge in [0.25, 0.3) is 0 Å². The third kappa shape index (κ3) is 4.02. The van der Waals surface area contributed by atoms with E-state index in [1.165, 1.54) is 4.90 Å². The zero-order chi connectivity index (χ0) is 20.5. The topological polar surface area (TPSA) is 76.1 Å². The molecule has 1 amide bonds. The largest absolute Gasteiger partial charge is 0.497 e. The zero-order valence-corrected chi connectivity index (χ0v) is 17.2. The summed E-state index contributed by atoms with van der Waals surface area (Å²) >= 11 is 0. The van der Waals surface area contributed by atoms with E-state index < -0.39 is 17.7 Å². The molecule has 3 rings (SSSR count). The fourth-order valence-electron chi connectivity index (χ4n) is 4.57. The predicted molar refractivity (Wildman–Crippen MR) is 105 cm³/mol. The molecule has 6 heteroatoms. The van der Waals surface area contributed by atoms with Crippen molar-refractivity contribution in [3.05, 3.63) is 29.8 Å².